The first-order chi connectivity index (χ1) is 14.3. The zero-order valence-electron chi connectivity index (χ0n) is 16.3. The zero-order chi connectivity index (χ0) is 21.6. The molecule has 1 saturated heterocycles. The lowest BCUT2D eigenvalue weighted by molar-refractivity contribution is -0.134. The normalized spacial score (nSPS) is 14.6. The number of carbonyl (C=O) groups excluding carboxylic acids is 2. The molecular weight excluding hydrogens is 411 g/mol. The highest BCUT2D eigenvalue weighted by Gasteiger charge is 2.20. The lowest BCUT2D eigenvalue weighted by Crippen LogP contribution is -2.35. The van der Waals surface area contributed by atoms with E-state index in [4.69, 9.17) is 4.74 Å². The SMILES string of the molecule is O=C(OCC(=O)N1CCCCCC1)c1cccc(S(=O)(=O)Nc2ccc(F)cc2)c1. The number of sulfonamides is 1. The molecule has 0 radical (unpaired) electrons. The van der Waals surface area contributed by atoms with Gasteiger partial charge in [0.1, 0.15) is 5.82 Å². The van der Waals surface area contributed by atoms with Crippen LogP contribution in [0.25, 0.3) is 0 Å². The van der Waals surface area contributed by atoms with Gasteiger partial charge in [-0.2, -0.15) is 0 Å². The van der Waals surface area contributed by atoms with E-state index in [1.165, 1.54) is 36.4 Å². The molecule has 0 bridgehead atoms. The minimum Gasteiger partial charge on any atom is -0.452 e. The van der Waals surface area contributed by atoms with Crippen LogP contribution in [0.1, 0.15) is 36.0 Å². The number of anilines is 1. The molecule has 0 saturated carbocycles. The van der Waals surface area contributed by atoms with E-state index in [9.17, 15) is 22.4 Å². The van der Waals surface area contributed by atoms with E-state index in [2.05, 4.69) is 4.72 Å². The standard InChI is InChI=1S/C21H23FN2O5S/c22-17-8-10-18(11-9-17)23-30(27,28)19-7-5-6-16(14-19)21(26)29-15-20(25)24-12-3-1-2-4-13-24/h5-11,14,23H,1-4,12-13,15H2. The summed E-state index contributed by atoms with van der Waals surface area (Å²) in [5, 5.41) is 0. The molecule has 7 nitrogen and oxygen atoms in total. The fraction of sp³-hybridized carbons (Fsp3) is 0.333. The number of halogens is 1. The van der Waals surface area contributed by atoms with Crippen LogP contribution in [0, 0.1) is 5.82 Å². The Bertz CT molecular complexity index is 1000. The number of likely N-dealkylation sites (tertiary alicyclic amines) is 1. The van der Waals surface area contributed by atoms with Crippen molar-refractivity contribution in [3.63, 3.8) is 0 Å². The van der Waals surface area contributed by atoms with Crippen molar-refractivity contribution >= 4 is 27.6 Å². The minimum absolute atomic E-state index is 0.0145. The van der Waals surface area contributed by atoms with Crippen LogP contribution in [0.3, 0.4) is 0 Å². The van der Waals surface area contributed by atoms with Crippen LogP contribution < -0.4 is 4.72 Å². The Hall–Kier alpha value is -2.94. The average Bonchev–Trinajstić information content (AvgIpc) is 3.03. The predicted octanol–water partition coefficient (Wildman–Crippen LogP) is 3.19. The van der Waals surface area contributed by atoms with Gasteiger partial charge in [0.15, 0.2) is 6.61 Å². The number of carbonyl (C=O) groups is 2. The Morgan fingerprint density at radius 2 is 1.67 bits per heavy atom. The first-order valence-electron chi connectivity index (χ1n) is 9.68. The van der Waals surface area contributed by atoms with Crippen molar-refractivity contribution in [1.82, 2.24) is 4.90 Å². The molecule has 0 aliphatic carbocycles. The molecule has 30 heavy (non-hydrogen) atoms. The topological polar surface area (TPSA) is 92.8 Å². The van der Waals surface area contributed by atoms with Crippen molar-refractivity contribution < 1.29 is 27.1 Å². The van der Waals surface area contributed by atoms with E-state index in [0.717, 1.165) is 37.8 Å². The Morgan fingerprint density at radius 3 is 2.33 bits per heavy atom. The summed E-state index contributed by atoms with van der Waals surface area (Å²) >= 11 is 0. The van der Waals surface area contributed by atoms with E-state index in [0.29, 0.717) is 13.1 Å². The van der Waals surface area contributed by atoms with E-state index < -0.39 is 21.8 Å². The quantitative estimate of drug-likeness (QED) is 0.705. The van der Waals surface area contributed by atoms with E-state index in [-0.39, 0.29) is 28.7 Å². The second kappa shape index (κ2) is 9.71. The van der Waals surface area contributed by atoms with Crippen LogP contribution in [0.4, 0.5) is 10.1 Å². The number of benzene rings is 2. The molecule has 0 atom stereocenters. The van der Waals surface area contributed by atoms with Gasteiger partial charge < -0.3 is 9.64 Å². The van der Waals surface area contributed by atoms with Gasteiger partial charge in [0.25, 0.3) is 15.9 Å². The second-order valence-electron chi connectivity index (χ2n) is 7.01. The number of nitrogens with one attached hydrogen (secondary N) is 1. The summed E-state index contributed by atoms with van der Waals surface area (Å²) in [5.41, 5.74) is 0.202. The maximum absolute atomic E-state index is 13.0. The monoisotopic (exact) mass is 434 g/mol. The molecule has 1 aliphatic heterocycles. The lowest BCUT2D eigenvalue weighted by Gasteiger charge is -2.20. The third-order valence-corrected chi connectivity index (χ3v) is 6.14. The van der Waals surface area contributed by atoms with E-state index in [1.54, 1.807) is 4.90 Å². The van der Waals surface area contributed by atoms with Gasteiger partial charge in [0, 0.05) is 18.8 Å². The highest BCUT2D eigenvalue weighted by molar-refractivity contribution is 7.92. The predicted molar refractivity (Wildman–Crippen MR) is 109 cm³/mol. The summed E-state index contributed by atoms with van der Waals surface area (Å²) in [4.78, 5) is 26.1. The van der Waals surface area contributed by atoms with Gasteiger partial charge in [-0.05, 0) is 55.3 Å². The third-order valence-electron chi connectivity index (χ3n) is 4.76. The Labute approximate surface area is 174 Å². The van der Waals surface area contributed by atoms with Crippen molar-refractivity contribution in [2.24, 2.45) is 0 Å². The first kappa shape index (κ1) is 21.8. The number of nitrogens with zero attached hydrogens (tertiary/aromatic N) is 1. The van der Waals surface area contributed by atoms with Crippen molar-refractivity contribution in [1.29, 1.82) is 0 Å². The molecule has 1 N–H and O–H groups in total. The zero-order valence-corrected chi connectivity index (χ0v) is 17.2. The number of ether oxygens (including phenoxy) is 1. The maximum Gasteiger partial charge on any atom is 0.338 e. The molecule has 0 unspecified atom stereocenters. The number of rotatable bonds is 6. The summed E-state index contributed by atoms with van der Waals surface area (Å²) in [6.07, 6.45) is 4.02. The summed E-state index contributed by atoms with van der Waals surface area (Å²) in [7, 11) is -3.99. The summed E-state index contributed by atoms with van der Waals surface area (Å²) < 4.78 is 45.5. The van der Waals surface area contributed by atoms with Crippen LogP contribution in [0.2, 0.25) is 0 Å². The second-order valence-corrected chi connectivity index (χ2v) is 8.69. The van der Waals surface area contributed by atoms with Gasteiger partial charge in [-0.15, -0.1) is 0 Å². The molecular formula is C21H23FN2O5S. The van der Waals surface area contributed by atoms with Gasteiger partial charge in [0.05, 0.1) is 10.5 Å². The molecule has 2 aromatic carbocycles. The van der Waals surface area contributed by atoms with E-state index in [1.807, 2.05) is 0 Å². The summed E-state index contributed by atoms with van der Waals surface area (Å²) in [6, 6.07) is 10.2. The molecule has 160 valence electrons. The fourth-order valence-electron chi connectivity index (χ4n) is 3.14. The van der Waals surface area contributed by atoms with Crippen LogP contribution in [0.5, 0.6) is 0 Å². The number of amides is 1. The lowest BCUT2D eigenvalue weighted by atomic mass is 10.2. The van der Waals surface area contributed by atoms with Gasteiger partial charge in [-0.1, -0.05) is 18.9 Å². The number of hydrogen-bond acceptors (Lipinski definition) is 5. The Kier molecular flexibility index (Phi) is 7.04. The highest BCUT2D eigenvalue weighted by atomic mass is 32.2. The number of esters is 1. The molecule has 1 fully saturated rings. The van der Waals surface area contributed by atoms with Crippen LogP contribution in [0.15, 0.2) is 53.4 Å². The molecule has 0 spiro atoms. The highest BCUT2D eigenvalue weighted by Crippen LogP contribution is 2.18. The van der Waals surface area contributed by atoms with Gasteiger partial charge in [0.2, 0.25) is 0 Å². The molecule has 0 aromatic heterocycles. The van der Waals surface area contributed by atoms with Crippen molar-refractivity contribution in [2.75, 3.05) is 24.4 Å². The molecule has 1 amide bonds. The van der Waals surface area contributed by atoms with E-state index >= 15 is 0 Å². The summed E-state index contributed by atoms with van der Waals surface area (Å²) in [6.45, 7) is 0.919. The fourth-order valence-corrected chi connectivity index (χ4v) is 4.25. The first-order valence-corrected chi connectivity index (χ1v) is 11.2. The van der Waals surface area contributed by atoms with Crippen LogP contribution >= 0.6 is 0 Å². The molecule has 1 heterocycles. The third kappa shape index (κ3) is 5.79. The van der Waals surface area contributed by atoms with Crippen molar-refractivity contribution in [3.8, 4) is 0 Å². The van der Waals surface area contributed by atoms with Gasteiger partial charge in [-0.3, -0.25) is 9.52 Å². The molecule has 3 rings (SSSR count). The smallest absolute Gasteiger partial charge is 0.338 e. The van der Waals surface area contributed by atoms with Crippen LogP contribution in [-0.4, -0.2) is 44.9 Å². The Morgan fingerprint density at radius 1 is 1.00 bits per heavy atom. The average molecular weight is 434 g/mol. The number of hydrogen-bond donors (Lipinski definition) is 1. The summed E-state index contributed by atoms with van der Waals surface area (Å²) in [5.74, 6) is -1.53. The Balaban J connectivity index is 1.64. The largest absolute Gasteiger partial charge is 0.452 e. The van der Waals surface area contributed by atoms with Crippen LogP contribution in [-0.2, 0) is 19.6 Å². The minimum atomic E-state index is -3.99. The maximum atomic E-state index is 13.0. The molecule has 1 aliphatic rings. The van der Waals surface area contributed by atoms with Crippen molar-refractivity contribution in [2.45, 2.75) is 30.6 Å². The van der Waals surface area contributed by atoms with Gasteiger partial charge >= 0.3 is 5.97 Å². The van der Waals surface area contributed by atoms with Crippen molar-refractivity contribution in [3.05, 3.63) is 59.9 Å². The molecule has 9 heteroatoms. The van der Waals surface area contributed by atoms with Gasteiger partial charge in [-0.25, -0.2) is 17.6 Å². The molecule has 2 aromatic rings.